The van der Waals surface area contributed by atoms with Crippen LogP contribution < -0.4 is 5.73 Å². The van der Waals surface area contributed by atoms with E-state index in [-0.39, 0.29) is 6.61 Å². The molecule has 0 saturated heterocycles. The summed E-state index contributed by atoms with van der Waals surface area (Å²) in [6.07, 6.45) is 0.560. The Morgan fingerprint density at radius 2 is 2.23 bits per heavy atom. The molecule has 1 aromatic rings. The highest BCUT2D eigenvalue weighted by molar-refractivity contribution is 7.80. The molecular formula is C10H15NOS. The van der Waals surface area contributed by atoms with Gasteiger partial charge >= 0.3 is 0 Å². The van der Waals surface area contributed by atoms with Crippen LogP contribution in [0.3, 0.4) is 0 Å². The smallest absolute Gasteiger partial charge is 0.0451 e. The molecule has 0 aromatic heterocycles. The third kappa shape index (κ3) is 2.72. The maximum absolute atomic E-state index is 8.83. The van der Waals surface area contributed by atoms with Crippen molar-refractivity contribution in [3.63, 3.8) is 0 Å². The van der Waals surface area contributed by atoms with Gasteiger partial charge in [0.2, 0.25) is 0 Å². The number of hydrogen-bond acceptors (Lipinski definition) is 3. The Bertz CT molecular complexity index is 286. The first-order valence-corrected chi connectivity index (χ1v) is 4.70. The van der Waals surface area contributed by atoms with Crippen molar-refractivity contribution in [1.29, 1.82) is 0 Å². The summed E-state index contributed by atoms with van der Waals surface area (Å²) in [5.41, 5.74) is 6.57. The Labute approximate surface area is 84.2 Å². The molecule has 72 valence electrons. The summed E-state index contributed by atoms with van der Waals surface area (Å²) in [5.74, 6) is 0. The van der Waals surface area contributed by atoms with Crippen molar-refractivity contribution in [3.8, 4) is 0 Å². The molecule has 13 heavy (non-hydrogen) atoms. The number of aliphatic hydroxyl groups is 1. The van der Waals surface area contributed by atoms with E-state index in [1.54, 1.807) is 0 Å². The molecular weight excluding hydrogens is 182 g/mol. The summed E-state index contributed by atoms with van der Waals surface area (Å²) in [6, 6.07) is 7.70. The molecule has 3 N–H and O–H groups in total. The van der Waals surface area contributed by atoms with Gasteiger partial charge in [0.15, 0.2) is 0 Å². The van der Waals surface area contributed by atoms with Gasteiger partial charge in [-0.2, -0.15) is 0 Å². The lowest BCUT2D eigenvalue weighted by Crippen LogP contribution is -2.33. The van der Waals surface area contributed by atoms with E-state index in [4.69, 9.17) is 10.8 Å². The van der Waals surface area contributed by atoms with E-state index in [9.17, 15) is 0 Å². The minimum Gasteiger partial charge on any atom is -0.396 e. The largest absolute Gasteiger partial charge is 0.396 e. The Morgan fingerprint density at radius 3 is 2.77 bits per heavy atom. The highest BCUT2D eigenvalue weighted by Gasteiger charge is 2.19. The summed E-state index contributed by atoms with van der Waals surface area (Å²) in [6.45, 7) is 2.01. The molecule has 1 rings (SSSR count). The van der Waals surface area contributed by atoms with Gasteiger partial charge in [-0.15, -0.1) is 12.6 Å². The topological polar surface area (TPSA) is 46.2 Å². The standard InChI is InChI=1S/C10H15NOS/c1-10(11,5-6-12)8-3-2-4-9(13)7-8/h2-4,7,12-13H,5-6,11H2,1H3/t10-/m0/s1. The fraction of sp³-hybridized carbons (Fsp3) is 0.400. The van der Waals surface area contributed by atoms with E-state index in [0.29, 0.717) is 6.42 Å². The lowest BCUT2D eigenvalue weighted by molar-refractivity contribution is 0.247. The van der Waals surface area contributed by atoms with Crippen molar-refractivity contribution in [2.75, 3.05) is 6.61 Å². The van der Waals surface area contributed by atoms with Crippen LogP contribution in [0, 0.1) is 0 Å². The molecule has 1 aromatic carbocycles. The van der Waals surface area contributed by atoms with Crippen molar-refractivity contribution in [2.45, 2.75) is 23.8 Å². The number of aliphatic hydroxyl groups excluding tert-OH is 1. The second-order valence-electron chi connectivity index (χ2n) is 3.44. The summed E-state index contributed by atoms with van der Waals surface area (Å²) < 4.78 is 0. The molecule has 0 spiro atoms. The lowest BCUT2D eigenvalue weighted by atomic mass is 9.90. The molecule has 0 saturated carbocycles. The Morgan fingerprint density at radius 1 is 1.54 bits per heavy atom. The van der Waals surface area contributed by atoms with Crippen LogP contribution in [0.25, 0.3) is 0 Å². The molecule has 0 aliphatic heterocycles. The van der Waals surface area contributed by atoms with Gasteiger partial charge in [-0.05, 0) is 31.0 Å². The molecule has 0 heterocycles. The van der Waals surface area contributed by atoms with Crippen LogP contribution in [0.5, 0.6) is 0 Å². The van der Waals surface area contributed by atoms with Crippen LogP contribution in [0.4, 0.5) is 0 Å². The zero-order valence-corrected chi connectivity index (χ0v) is 8.59. The first-order chi connectivity index (χ1) is 6.06. The predicted octanol–water partition coefficient (Wildman–Crippen LogP) is 1.53. The van der Waals surface area contributed by atoms with Crippen molar-refractivity contribution in [1.82, 2.24) is 0 Å². The third-order valence-electron chi connectivity index (χ3n) is 2.14. The summed E-state index contributed by atoms with van der Waals surface area (Å²) in [5, 5.41) is 8.83. The zero-order chi connectivity index (χ0) is 9.90. The van der Waals surface area contributed by atoms with Crippen LogP contribution in [0.1, 0.15) is 18.9 Å². The van der Waals surface area contributed by atoms with Gasteiger partial charge in [0, 0.05) is 17.0 Å². The second-order valence-corrected chi connectivity index (χ2v) is 3.96. The van der Waals surface area contributed by atoms with Crippen LogP contribution in [-0.4, -0.2) is 11.7 Å². The Hall–Kier alpha value is -0.510. The number of rotatable bonds is 3. The number of thiol groups is 1. The number of benzene rings is 1. The fourth-order valence-corrected chi connectivity index (χ4v) is 1.46. The predicted molar refractivity (Wildman–Crippen MR) is 56.9 cm³/mol. The van der Waals surface area contributed by atoms with E-state index >= 15 is 0 Å². The molecule has 0 aliphatic carbocycles. The second kappa shape index (κ2) is 4.13. The van der Waals surface area contributed by atoms with Gasteiger partial charge < -0.3 is 10.8 Å². The van der Waals surface area contributed by atoms with E-state index in [1.165, 1.54) is 0 Å². The molecule has 3 heteroatoms. The van der Waals surface area contributed by atoms with E-state index < -0.39 is 5.54 Å². The summed E-state index contributed by atoms with van der Waals surface area (Å²) in [4.78, 5) is 0.895. The third-order valence-corrected chi connectivity index (χ3v) is 2.41. The highest BCUT2D eigenvalue weighted by Crippen LogP contribution is 2.22. The van der Waals surface area contributed by atoms with Gasteiger partial charge in [-0.1, -0.05) is 12.1 Å². The van der Waals surface area contributed by atoms with Crippen molar-refractivity contribution in [2.24, 2.45) is 5.73 Å². The summed E-state index contributed by atoms with van der Waals surface area (Å²) in [7, 11) is 0. The molecule has 0 amide bonds. The minimum absolute atomic E-state index is 0.101. The summed E-state index contributed by atoms with van der Waals surface area (Å²) >= 11 is 4.24. The first-order valence-electron chi connectivity index (χ1n) is 4.25. The normalized spacial score (nSPS) is 15.4. The number of hydrogen-bond donors (Lipinski definition) is 3. The van der Waals surface area contributed by atoms with Gasteiger partial charge in [-0.25, -0.2) is 0 Å². The first kappa shape index (κ1) is 10.6. The SMILES string of the molecule is C[C@](N)(CCO)c1cccc(S)c1. The minimum atomic E-state index is -0.465. The average Bonchev–Trinajstić information content (AvgIpc) is 2.04. The Kier molecular flexibility index (Phi) is 3.36. The molecule has 0 aliphatic rings. The quantitative estimate of drug-likeness (QED) is 0.644. The van der Waals surface area contributed by atoms with Gasteiger partial charge in [0.25, 0.3) is 0 Å². The van der Waals surface area contributed by atoms with Crippen LogP contribution in [0.15, 0.2) is 29.2 Å². The molecule has 0 radical (unpaired) electrons. The molecule has 1 atom stereocenters. The van der Waals surface area contributed by atoms with Crippen LogP contribution in [0.2, 0.25) is 0 Å². The fourth-order valence-electron chi connectivity index (χ4n) is 1.24. The highest BCUT2D eigenvalue weighted by atomic mass is 32.1. The number of nitrogens with two attached hydrogens (primary N) is 1. The van der Waals surface area contributed by atoms with Crippen molar-refractivity contribution < 1.29 is 5.11 Å². The zero-order valence-electron chi connectivity index (χ0n) is 7.70. The van der Waals surface area contributed by atoms with Gasteiger partial charge in [0.1, 0.15) is 0 Å². The van der Waals surface area contributed by atoms with Crippen LogP contribution in [-0.2, 0) is 5.54 Å². The van der Waals surface area contributed by atoms with Gasteiger partial charge in [-0.3, -0.25) is 0 Å². The van der Waals surface area contributed by atoms with Crippen molar-refractivity contribution in [3.05, 3.63) is 29.8 Å². The Balaban J connectivity index is 2.93. The average molecular weight is 197 g/mol. The van der Waals surface area contributed by atoms with Crippen LogP contribution >= 0.6 is 12.6 Å². The molecule has 0 fully saturated rings. The molecule has 0 bridgehead atoms. The monoisotopic (exact) mass is 197 g/mol. The van der Waals surface area contributed by atoms with E-state index in [2.05, 4.69) is 12.6 Å². The maximum Gasteiger partial charge on any atom is 0.0451 e. The molecule has 2 nitrogen and oxygen atoms in total. The molecule has 0 unspecified atom stereocenters. The maximum atomic E-state index is 8.83. The van der Waals surface area contributed by atoms with Gasteiger partial charge in [0.05, 0.1) is 0 Å². The van der Waals surface area contributed by atoms with E-state index in [1.807, 2.05) is 31.2 Å². The van der Waals surface area contributed by atoms with Crippen molar-refractivity contribution >= 4 is 12.6 Å². The lowest BCUT2D eigenvalue weighted by Gasteiger charge is -2.24. The van der Waals surface area contributed by atoms with E-state index in [0.717, 1.165) is 10.5 Å².